The van der Waals surface area contributed by atoms with Crippen LogP contribution in [0.3, 0.4) is 0 Å². The van der Waals surface area contributed by atoms with Crippen LogP contribution in [-0.4, -0.2) is 11.9 Å². The summed E-state index contributed by atoms with van der Waals surface area (Å²) < 4.78 is 0. The minimum absolute atomic E-state index is 0.0264. The van der Waals surface area contributed by atoms with Crippen LogP contribution in [0.5, 0.6) is 0 Å². The predicted molar refractivity (Wildman–Crippen MR) is 85.7 cm³/mol. The van der Waals surface area contributed by atoms with E-state index in [-0.39, 0.29) is 11.9 Å². The molecule has 3 N–H and O–H groups in total. The zero-order valence-electron chi connectivity index (χ0n) is 12.3. The van der Waals surface area contributed by atoms with Crippen molar-refractivity contribution in [1.29, 1.82) is 0 Å². The summed E-state index contributed by atoms with van der Waals surface area (Å²) in [6, 6.07) is 19.5. The van der Waals surface area contributed by atoms with Gasteiger partial charge in [-0.1, -0.05) is 60.7 Å². The van der Waals surface area contributed by atoms with Crippen LogP contribution in [-0.2, 0) is 11.2 Å². The van der Waals surface area contributed by atoms with Crippen molar-refractivity contribution in [2.75, 3.05) is 0 Å². The maximum atomic E-state index is 12.1. The molecular formula is C18H22N2O. The topological polar surface area (TPSA) is 55.1 Å². The van der Waals surface area contributed by atoms with Crippen LogP contribution in [0.25, 0.3) is 0 Å². The highest BCUT2D eigenvalue weighted by Gasteiger charge is 2.16. The predicted octanol–water partition coefficient (Wildman–Crippen LogP) is 2.82. The number of carbonyl (C=O) groups is 1. The highest BCUT2D eigenvalue weighted by Crippen LogP contribution is 2.11. The van der Waals surface area contributed by atoms with Crippen LogP contribution in [0, 0.1) is 0 Å². The third-order valence-corrected chi connectivity index (χ3v) is 3.58. The maximum Gasteiger partial charge on any atom is 0.237 e. The summed E-state index contributed by atoms with van der Waals surface area (Å²) in [7, 11) is 0. The second-order valence-corrected chi connectivity index (χ2v) is 5.27. The fourth-order valence-electron chi connectivity index (χ4n) is 2.24. The van der Waals surface area contributed by atoms with Crippen molar-refractivity contribution in [2.45, 2.75) is 31.8 Å². The minimum Gasteiger partial charge on any atom is -0.348 e. The van der Waals surface area contributed by atoms with Gasteiger partial charge in [-0.15, -0.1) is 0 Å². The van der Waals surface area contributed by atoms with E-state index in [4.69, 9.17) is 5.73 Å². The standard InChI is InChI=1S/C18H22N2O/c1-14(16-10-6-3-7-11-16)20-18(21)17(19)13-12-15-8-4-2-5-9-15/h2-11,14,17H,12-13,19H2,1H3,(H,20,21)/t14-,17-/m0/s1. The Balaban J connectivity index is 1.82. The number of amides is 1. The lowest BCUT2D eigenvalue weighted by Gasteiger charge is -2.18. The third kappa shape index (κ3) is 4.72. The molecule has 2 rings (SSSR count). The van der Waals surface area contributed by atoms with Gasteiger partial charge >= 0.3 is 0 Å². The number of nitrogens with two attached hydrogens (primary N) is 1. The SMILES string of the molecule is C[C@H](NC(=O)[C@@H](N)CCc1ccccc1)c1ccccc1. The first-order valence-corrected chi connectivity index (χ1v) is 7.31. The van der Waals surface area contributed by atoms with E-state index in [0.717, 1.165) is 12.0 Å². The van der Waals surface area contributed by atoms with E-state index in [1.54, 1.807) is 0 Å². The summed E-state index contributed by atoms with van der Waals surface area (Å²) in [5.41, 5.74) is 8.27. The smallest absolute Gasteiger partial charge is 0.237 e. The number of benzene rings is 2. The molecule has 0 aliphatic rings. The number of aryl methyl sites for hydroxylation is 1. The van der Waals surface area contributed by atoms with E-state index >= 15 is 0 Å². The zero-order valence-corrected chi connectivity index (χ0v) is 12.3. The van der Waals surface area contributed by atoms with Crippen molar-refractivity contribution in [2.24, 2.45) is 5.73 Å². The number of rotatable bonds is 6. The van der Waals surface area contributed by atoms with Crippen LogP contribution in [0.2, 0.25) is 0 Å². The molecule has 0 saturated carbocycles. The summed E-state index contributed by atoms with van der Waals surface area (Å²) in [5, 5.41) is 2.97. The van der Waals surface area contributed by atoms with Crippen LogP contribution in [0.15, 0.2) is 60.7 Å². The Morgan fingerprint density at radius 2 is 1.62 bits per heavy atom. The highest BCUT2D eigenvalue weighted by atomic mass is 16.2. The van der Waals surface area contributed by atoms with E-state index in [2.05, 4.69) is 17.4 Å². The molecule has 0 radical (unpaired) electrons. The van der Waals surface area contributed by atoms with E-state index < -0.39 is 6.04 Å². The van der Waals surface area contributed by atoms with Gasteiger partial charge in [0.25, 0.3) is 0 Å². The molecule has 0 heterocycles. The van der Waals surface area contributed by atoms with Gasteiger partial charge in [-0.05, 0) is 30.9 Å². The quantitative estimate of drug-likeness (QED) is 0.856. The van der Waals surface area contributed by atoms with E-state index in [1.165, 1.54) is 5.56 Å². The largest absolute Gasteiger partial charge is 0.348 e. The molecule has 0 fully saturated rings. The van der Waals surface area contributed by atoms with Gasteiger partial charge in [0.05, 0.1) is 12.1 Å². The third-order valence-electron chi connectivity index (χ3n) is 3.58. The van der Waals surface area contributed by atoms with Crippen molar-refractivity contribution < 1.29 is 4.79 Å². The second kappa shape index (κ2) is 7.60. The molecule has 0 unspecified atom stereocenters. The van der Waals surface area contributed by atoms with Gasteiger partial charge in [-0.25, -0.2) is 0 Å². The number of carbonyl (C=O) groups excluding carboxylic acids is 1. The fourth-order valence-corrected chi connectivity index (χ4v) is 2.24. The van der Waals surface area contributed by atoms with Crippen molar-refractivity contribution in [3.8, 4) is 0 Å². The Morgan fingerprint density at radius 3 is 2.24 bits per heavy atom. The first-order chi connectivity index (χ1) is 10.2. The molecule has 0 aliphatic heterocycles. The van der Waals surface area contributed by atoms with Crippen LogP contribution in [0.4, 0.5) is 0 Å². The van der Waals surface area contributed by atoms with E-state index in [9.17, 15) is 4.79 Å². The van der Waals surface area contributed by atoms with Gasteiger partial charge in [-0.2, -0.15) is 0 Å². The molecule has 2 aromatic carbocycles. The summed E-state index contributed by atoms with van der Waals surface area (Å²) >= 11 is 0. The lowest BCUT2D eigenvalue weighted by Crippen LogP contribution is -2.41. The molecule has 2 aromatic rings. The molecule has 0 saturated heterocycles. The molecule has 3 nitrogen and oxygen atoms in total. The van der Waals surface area contributed by atoms with Crippen LogP contribution < -0.4 is 11.1 Å². The Bertz CT molecular complexity index is 554. The molecule has 21 heavy (non-hydrogen) atoms. The van der Waals surface area contributed by atoms with Crippen LogP contribution >= 0.6 is 0 Å². The van der Waals surface area contributed by atoms with Crippen LogP contribution in [0.1, 0.15) is 30.5 Å². The van der Waals surface area contributed by atoms with Gasteiger partial charge < -0.3 is 11.1 Å². The molecule has 1 amide bonds. The average molecular weight is 282 g/mol. The molecule has 2 atom stereocenters. The first-order valence-electron chi connectivity index (χ1n) is 7.31. The molecule has 0 aliphatic carbocycles. The number of nitrogens with one attached hydrogen (secondary N) is 1. The van der Waals surface area contributed by atoms with Crippen molar-refractivity contribution in [3.05, 3.63) is 71.8 Å². The monoisotopic (exact) mass is 282 g/mol. The second-order valence-electron chi connectivity index (χ2n) is 5.27. The Morgan fingerprint density at radius 1 is 1.05 bits per heavy atom. The Kier molecular flexibility index (Phi) is 5.52. The summed E-state index contributed by atoms with van der Waals surface area (Å²) in [6.45, 7) is 1.97. The normalized spacial score (nSPS) is 13.4. The molecule has 0 aromatic heterocycles. The summed E-state index contributed by atoms with van der Waals surface area (Å²) in [4.78, 5) is 12.1. The minimum atomic E-state index is -0.476. The molecule has 0 spiro atoms. The average Bonchev–Trinajstić information content (AvgIpc) is 2.54. The molecule has 0 bridgehead atoms. The van der Waals surface area contributed by atoms with Crippen molar-refractivity contribution in [1.82, 2.24) is 5.32 Å². The fraction of sp³-hybridized carbons (Fsp3) is 0.278. The lowest BCUT2D eigenvalue weighted by atomic mass is 10.0. The van der Waals surface area contributed by atoms with Gasteiger partial charge in [0.1, 0.15) is 0 Å². The Labute approximate surface area is 126 Å². The maximum absolute atomic E-state index is 12.1. The first kappa shape index (κ1) is 15.3. The van der Waals surface area contributed by atoms with Gasteiger partial charge in [0.15, 0.2) is 0 Å². The van der Waals surface area contributed by atoms with Crippen molar-refractivity contribution in [3.63, 3.8) is 0 Å². The summed E-state index contributed by atoms with van der Waals surface area (Å²) in [5.74, 6) is -0.0951. The van der Waals surface area contributed by atoms with Gasteiger partial charge in [0, 0.05) is 0 Å². The van der Waals surface area contributed by atoms with Gasteiger partial charge in [-0.3, -0.25) is 4.79 Å². The number of hydrogen-bond donors (Lipinski definition) is 2. The molecule has 110 valence electrons. The van der Waals surface area contributed by atoms with Crippen molar-refractivity contribution >= 4 is 5.91 Å². The summed E-state index contributed by atoms with van der Waals surface area (Å²) in [6.07, 6.45) is 1.46. The number of hydrogen-bond acceptors (Lipinski definition) is 2. The Hall–Kier alpha value is -2.13. The zero-order chi connectivity index (χ0) is 15.1. The lowest BCUT2D eigenvalue weighted by molar-refractivity contribution is -0.123. The molecular weight excluding hydrogens is 260 g/mol. The molecule has 3 heteroatoms. The van der Waals surface area contributed by atoms with E-state index in [0.29, 0.717) is 6.42 Å². The highest BCUT2D eigenvalue weighted by molar-refractivity contribution is 5.81. The van der Waals surface area contributed by atoms with Gasteiger partial charge in [0.2, 0.25) is 5.91 Å². The van der Waals surface area contributed by atoms with E-state index in [1.807, 2.05) is 55.5 Å².